The summed E-state index contributed by atoms with van der Waals surface area (Å²) in [6.07, 6.45) is 2.03. The molecule has 1 unspecified atom stereocenters. The van der Waals surface area contributed by atoms with Crippen LogP contribution in [-0.2, 0) is 11.8 Å². The van der Waals surface area contributed by atoms with E-state index in [2.05, 4.69) is 87.6 Å². The fourth-order valence-electron chi connectivity index (χ4n) is 3.63. The smallest absolute Gasteiger partial charge is 0.170 e. The van der Waals surface area contributed by atoms with Crippen LogP contribution < -0.4 is 10.1 Å². The lowest BCUT2D eigenvalue weighted by molar-refractivity contribution is 0.201. The predicted octanol–water partition coefficient (Wildman–Crippen LogP) is 6.21. The Morgan fingerprint density at radius 2 is 1.73 bits per heavy atom. The maximum atomic E-state index is 6.26. The van der Waals surface area contributed by atoms with E-state index in [4.69, 9.17) is 4.74 Å². The zero-order valence-corrected chi connectivity index (χ0v) is 16.1. The fourth-order valence-corrected chi connectivity index (χ4v) is 3.63. The van der Waals surface area contributed by atoms with Crippen LogP contribution in [0.5, 0.6) is 5.75 Å². The van der Waals surface area contributed by atoms with Gasteiger partial charge in [0.05, 0.1) is 0 Å². The average molecular weight is 345 g/mol. The summed E-state index contributed by atoms with van der Waals surface area (Å²) in [6.45, 7) is 8.89. The van der Waals surface area contributed by atoms with E-state index < -0.39 is 0 Å². The summed E-state index contributed by atoms with van der Waals surface area (Å²) in [6, 6.07) is 19.7. The lowest BCUT2D eigenvalue weighted by Crippen LogP contribution is -2.30. The summed E-state index contributed by atoms with van der Waals surface area (Å²) in [5, 5.41) is 6.14. The highest BCUT2D eigenvalue weighted by Gasteiger charge is 2.22. The Labute approximate surface area is 156 Å². The second kappa shape index (κ2) is 6.35. The molecule has 1 aliphatic heterocycles. The molecule has 1 N–H and O–H groups in total. The van der Waals surface area contributed by atoms with Crippen molar-refractivity contribution in [1.29, 1.82) is 0 Å². The van der Waals surface area contributed by atoms with Crippen LogP contribution in [0.1, 0.15) is 43.9 Å². The van der Waals surface area contributed by atoms with Crippen LogP contribution in [0.4, 0.5) is 5.69 Å². The molecule has 0 spiro atoms. The first-order chi connectivity index (χ1) is 12.4. The summed E-state index contributed by atoms with van der Waals surface area (Å²) < 4.78 is 6.26. The normalized spacial score (nSPS) is 16.8. The number of ether oxygens (including phenoxy) is 1. The van der Waals surface area contributed by atoms with Crippen molar-refractivity contribution in [3.05, 3.63) is 71.3 Å². The van der Waals surface area contributed by atoms with Gasteiger partial charge in [-0.1, -0.05) is 62.7 Å². The molecule has 1 aliphatic rings. The second-order valence-corrected chi connectivity index (χ2v) is 8.38. The van der Waals surface area contributed by atoms with E-state index in [0.29, 0.717) is 0 Å². The fraction of sp³-hybridized carbons (Fsp3) is 0.333. The zero-order valence-electron chi connectivity index (χ0n) is 16.1. The molecule has 134 valence electrons. The van der Waals surface area contributed by atoms with Crippen LogP contribution in [0, 0.1) is 6.92 Å². The van der Waals surface area contributed by atoms with E-state index in [9.17, 15) is 0 Å². The molecule has 1 atom stereocenters. The molecule has 0 saturated carbocycles. The Hall–Kier alpha value is -2.48. The van der Waals surface area contributed by atoms with Crippen LogP contribution in [0.2, 0.25) is 0 Å². The minimum absolute atomic E-state index is 0.0245. The van der Waals surface area contributed by atoms with Gasteiger partial charge in [-0.15, -0.1) is 0 Å². The first-order valence-electron chi connectivity index (χ1n) is 9.46. The summed E-state index contributed by atoms with van der Waals surface area (Å²) >= 11 is 0. The maximum Gasteiger partial charge on any atom is 0.170 e. The Morgan fingerprint density at radius 1 is 0.962 bits per heavy atom. The largest absolute Gasteiger partial charge is 0.470 e. The Morgan fingerprint density at radius 3 is 2.46 bits per heavy atom. The number of hydrogen-bond donors (Lipinski definition) is 1. The topological polar surface area (TPSA) is 21.3 Å². The highest BCUT2D eigenvalue weighted by molar-refractivity contribution is 5.88. The van der Waals surface area contributed by atoms with Crippen molar-refractivity contribution in [1.82, 2.24) is 0 Å². The minimum Gasteiger partial charge on any atom is -0.470 e. The van der Waals surface area contributed by atoms with E-state index in [1.807, 2.05) is 0 Å². The lowest BCUT2D eigenvalue weighted by Gasteiger charge is -2.29. The van der Waals surface area contributed by atoms with Gasteiger partial charge in [0.1, 0.15) is 5.75 Å². The SMILES string of the molecule is Cc1ccc(NC2CCc3c(ccc4cc(C(C)(C)C)ccc34)O2)cc1. The Kier molecular flexibility index (Phi) is 4.14. The first-order valence-corrected chi connectivity index (χ1v) is 9.46. The van der Waals surface area contributed by atoms with Crippen molar-refractivity contribution in [2.75, 3.05) is 5.32 Å². The second-order valence-electron chi connectivity index (χ2n) is 8.38. The standard InChI is InChI=1S/C24H27NO/c1-16-5-9-19(10-6-16)25-23-14-12-21-20-11-8-18(24(2,3)4)15-17(20)7-13-22(21)26-23/h5-11,13,15,23,25H,12,14H2,1-4H3. The van der Waals surface area contributed by atoms with Crippen LogP contribution in [0.3, 0.4) is 0 Å². The summed E-state index contributed by atoms with van der Waals surface area (Å²) in [5.74, 6) is 1.01. The summed E-state index contributed by atoms with van der Waals surface area (Å²) in [5.41, 5.74) is 5.26. The molecule has 0 saturated heterocycles. The minimum atomic E-state index is 0.0245. The first kappa shape index (κ1) is 17.0. The van der Waals surface area contributed by atoms with E-state index in [1.165, 1.54) is 27.5 Å². The third-order valence-electron chi connectivity index (χ3n) is 5.26. The van der Waals surface area contributed by atoms with Gasteiger partial charge in [0.15, 0.2) is 6.23 Å². The Balaban J connectivity index is 1.60. The number of anilines is 1. The van der Waals surface area contributed by atoms with Crippen LogP contribution >= 0.6 is 0 Å². The number of aryl methyl sites for hydroxylation is 2. The average Bonchev–Trinajstić information content (AvgIpc) is 2.62. The molecule has 2 heteroatoms. The van der Waals surface area contributed by atoms with E-state index >= 15 is 0 Å². The van der Waals surface area contributed by atoms with Gasteiger partial charge in [-0.25, -0.2) is 0 Å². The molecular formula is C24H27NO. The van der Waals surface area contributed by atoms with Crippen molar-refractivity contribution in [3.63, 3.8) is 0 Å². The number of rotatable bonds is 2. The van der Waals surface area contributed by atoms with Gasteiger partial charge < -0.3 is 10.1 Å². The third kappa shape index (κ3) is 3.29. The highest BCUT2D eigenvalue weighted by atomic mass is 16.5. The molecule has 0 bridgehead atoms. The van der Waals surface area contributed by atoms with Gasteiger partial charge in [-0.05, 0) is 53.3 Å². The molecule has 0 amide bonds. The number of benzene rings is 3. The van der Waals surface area contributed by atoms with Gasteiger partial charge in [0.2, 0.25) is 0 Å². The molecule has 0 radical (unpaired) electrons. The number of hydrogen-bond acceptors (Lipinski definition) is 2. The molecule has 26 heavy (non-hydrogen) atoms. The third-order valence-corrected chi connectivity index (χ3v) is 5.26. The van der Waals surface area contributed by atoms with Gasteiger partial charge in [0, 0.05) is 17.7 Å². The van der Waals surface area contributed by atoms with Crippen molar-refractivity contribution in [3.8, 4) is 5.75 Å². The molecule has 0 aromatic heterocycles. The van der Waals surface area contributed by atoms with Gasteiger partial charge in [0.25, 0.3) is 0 Å². The molecule has 0 aliphatic carbocycles. The van der Waals surface area contributed by atoms with E-state index in [1.54, 1.807) is 0 Å². The molecule has 1 heterocycles. The van der Waals surface area contributed by atoms with Crippen molar-refractivity contribution >= 4 is 16.5 Å². The molecular weight excluding hydrogens is 318 g/mol. The predicted molar refractivity (Wildman–Crippen MR) is 110 cm³/mol. The highest BCUT2D eigenvalue weighted by Crippen LogP contribution is 2.36. The van der Waals surface area contributed by atoms with E-state index in [0.717, 1.165) is 24.3 Å². The number of nitrogens with one attached hydrogen (secondary N) is 1. The molecule has 3 aromatic carbocycles. The summed E-state index contributed by atoms with van der Waals surface area (Å²) in [7, 11) is 0. The van der Waals surface area contributed by atoms with Crippen LogP contribution in [-0.4, -0.2) is 6.23 Å². The van der Waals surface area contributed by atoms with Crippen LogP contribution in [0.15, 0.2) is 54.6 Å². The quantitative estimate of drug-likeness (QED) is 0.596. The van der Waals surface area contributed by atoms with Crippen molar-refractivity contribution < 1.29 is 4.74 Å². The number of fused-ring (bicyclic) bond motifs is 3. The molecule has 4 rings (SSSR count). The lowest BCUT2D eigenvalue weighted by atomic mass is 9.85. The van der Waals surface area contributed by atoms with Crippen molar-refractivity contribution in [2.24, 2.45) is 0 Å². The van der Waals surface area contributed by atoms with Gasteiger partial charge >= 0.3 is 0 Å². The monoisotopic (exact) mass is 345 g/mol. The Bertz CT molecular complexity index is 935. The molecule has 3 aromatic rings. The van der Waals surface area contributed by atoms with Crippen molar-refractivity contribution in [2.45, 2.75) is 52.2 Å². The van der Waals surface area contributed by atoms with E-state index in [-0.39, 0.29) is 11.6 Å². The maximum absolute atomic E-state index is 6.26. The van der Waals surface area contributed by atoms with Gasteiger partial charge in [-0.3, -0.25) is 0 Å². The van der Waals surface area contributed by atoms with Gasteiger partial charge in [-0.2, -0.15) is 0 Å². The zero-order chi connectivity index (χ0) is 18.3. The summed E-state index contributed by atoms with van der Waals surface area (Å²) in [4.78, 5) is 0. The molecule has 0 fully saturated rings. The molecule has 2 nitrogen and oxygen atoms in total. The van der Waals surface area contributed by atoms with Crippen LogP contribution in [0.25, 0.3) is 10.8 Å².